The van der Waals surface area contributed by atoms with E-state index in [0.29, 0.717) is 36.1 Å². The van der Waals surface area contributed by atoms with Crippen LogP contribution >= 0.6 is 0 Å². The van der Waals surface area contributed by atoms with Crippen molar-refractivity contribution in [2.24, 2.45) is 0 Å². The van der Waals surface area contributed by atoms with Gasteiger partial charge in [0.15, 0.2) is 0 Å². The van der Waals surface area contributed by atoms with E-state index in [1.54, 1.807) is 30.3 Å². The number of carbonyl (C=O) groups excluding carboxylic acids is 1. The fraction of sp³-hybridized carbons (Fsp3) is 0.316. The SMILES string of the molecule is CCOc1ccc(OCC)c(NC(=O)CNc2ccc(OC(F)F)cc2)c1. The number of nitrogens with one attached hydrogen (secondary N) is 2. The highest BCUT2D eigenvalue weighted by Gasteiger charge is 2.10. The van der Waals surface area contributed by atoms with E-state index in [0.717, 1.165) is 0 Å². The molecule has 1 amide bonds. The monoisotopic (exact) mass is 380 g/mol. The van der Waals surface area contributed by atoms with Gasteiger partial charge in [0.1, 0.15) is 17.2 Å². The van der Waals surface area contributed by atoms with Gasteiger partial charge in [0, 0.05) is 11.8 Å². The maximum atomic E-state index is 12.2. The Morgan fingerprint density at radius 2 is 1.67 bits per heavy atom. The molecule has 27 heavy (non-hydrogen) atoms. The number of benzene rings is 2. The van der Waals surface area contributed by atoms with Gasteiger partial charge in [-0.25, -0.2) is 0 Å². The largest absolute Gasteiger partial charge is 0.494 e. The first-order valence-corrected chi connectivity index (χ1v) is 8.50. The number of rotatable bonds is 10. The minimum atomic E-state index is -2.87. The first-order valence-electron chi connectivity index (χ1n) is 8.50. The van der Waals surface area contributed by atoms with Gasteiger partial charge in [-0.2, -0.15) is 8.78 Å². The molecule has 0 saturated carbocycles. The summed E-state index contributed by atoms with van der Waals surface area (Å²) < 4.78 is 39.5. The molecule has 2 aromatic rings. The maximum absolute atomic E-state index is 12.2. The molecule has 0 fully saturated rings. The van der Waals surface area contributed by atoms with Gasteiger partial charge < -0.3 is 24.8 Å². The number of ether oxygens (including phenoxy) is 3. The van der Waals surface area contributed by atoms with E-state index in [1.165, 1.54) is 12.1 Å². The van der Waals surface area contributed by atoms with Crippen molar-refractivity contribution in [1.82, 2.24) is 0 Å². The lowest BCUT2D eigenvalue weighted by molar-refractivity contribution is -0.114. The van der Waals surface area contributed by atoms with Gasteiger partial charge >= 0.3 is 6.61 Å². The summed E-state index contributed by atoms with van der Waals surface area (Å²) in [6.07, 6.45) is 0. The fourth-order valence-corrected chi connectivity index (χ4v) is 2.28. The number of alkyl halides is 2. The van der Waals surface area contributed by atoms with Crippen LogP contribution in [-0.2, 0) is 4.79 Å². The van der Waals surface area contributed by atoms with Crippen molar-refractivity contribution >= 4 is 17.3 Å². The van der Waals surface area contributed by atoms with E-state index >= 15 is 0 Å². The zero-order valence-electron chi connectivity index (χ0n) is 15.1. The normalized spacial score (nSPS) is 10.4. The lowest BCUT2D eigenvalue weighted by atomic mass is 10.2. The van der Waals surface area contributed by atoms with Crippen LogP contribution in [0.4, 0.5) is 20.2 Å². The Labute approximate surface area is 156 Å². The van der Waals surface area contributed by atoms with Crippen LogP contribution in [0.1, 0.15) is 13.8 Å². The Kier molecular flexibility index (Phi) is 7.66. The third-order valence-electron chi connectivity index (χ3n) is 3.37. The summed E-state index contributed by atoms with van der Waals surface area (Å²) >= 11 is 0. The van der Waals surface area contributed by atoms with Gasteiger partial charge in [-0.1, -0.05) is 0 Å². The van der Waals surface area contributed by atoms with E-state index in [2.05, 4.69) is 15.4 Å². The molecule has 0 spiro atoms. The Bertz CT molecular complexity index is 739. The summed E-state index contributed by atoms with van der Waals surface area (Å²) in [5.74, 6) is 0.924. The van der Waals surface area contributed by atoms with Crippen molar-refractivity contribution in [1.29, 1.82) is 0 Å². The summed E-state index contributed by atoms with van der Waals surface area (Å²) in [5, 5.41) is 5.68. The van der Waals surface area contributed by atoms with Crippen LogP contribution in [0.2, 0.25) is 0 Å². The molecule has 6 nitrogen and oxygen atoms in total. The fourth-order valence-electron chi connectivity index (χ4n) is 2.28. The van der Waals surface area contributed by atoms with Crippen molar-refractivity contribution in [3.8, 4) is 17.2 Å². The summed E-state index contributed by atoms with van der Waals surface area (Å²) in [4.78, 5) is 12.2. The number of anilines is 2. The Morgan fingerprint density at radius 3 is 2.30 bits per heavy atom. The highest BCUT2D eigenvalue weighted by molar-refractivity contribution is 5.95. The molecule has 0 heterocycles. The second-order valence-electron chi connectivity index (χ2n) is 5.33. The molecule has 0 aliphatic rings. The van der Waals surface area contributed by atoms with E-state index in [9.17, 15) is 13.6 Å². The molecule has 0 unspecified atom stereocenters. The second kappa shape index (κ2) is 10.2. The molecule has 8 heteroatoms. The molecule has 2 aromatic carbocycles. The first-order chi connectivity index (χ1) is 13.0. The minimum Gasteiger partial charge on any atom is -0.494 e. The van der Waals surface area contributed by atoms with Gasteiger partial charge in [0.25, 0.3) is 0 Å². The average molecular weight is 380 g/mol. The number of hydrogen-bond donors (Lipinski definition) is 2. The van der Waals surface area contributed by atoms with E-state index < -0.39 is 6.61 Å². The average Bonchev–Trinajstić information content (AvgIpc) is 2.63. The van der Waals surface area contributed by atoms with Crippen LogP contribution in [0, 0.1) is 0 Å². The smallest absolute Gasteiger partial charge is 0.387 e. The summed E-state index contributed by atoms with van der Waals surface area (Å²) in [7, 11) is 0. The van der Waals surface area contributed by atoms with Gasteiger partial charge in [-0.3, -0.25) is 4.79 Å². The Morgan fingerprint density at radius 1 is 1.00 bits per heavy atom. The van der Waals surface area contributed by atoms with Crippen molar-refractivity contribution in [2.75, 3.05) is 30.4 Å². The molecule has 0 atom stereocenters. The zero-order valence-corrected chi connectivity index (χ0v) is 15.1. The number of halogens is 2. The van der Waals surface area contributed by atoms with Gasteiger partial charge in [-0.05, 0) is 50.2 Å². The van der Waals surface area contributed by atoms with Crippen LogP contribution in [0.15, 0.2) is 42.5 Å². The Balaban J connectivity index is 1.95. The molecule has 0 saturated heterocycles. The number of amides is 1. The third-order valence-corrected chi connectivity index (χ3v) is 3.37. The maximum Gasteiger partial charge on any atom is 0.387 e. The number of carbonyl (C=O) groups is 1. The molecular formula is C19H22F2N2O4. The van der Waals surface area contributed by atoms with E-state index in [1.807, 2.05) is 13.8 Å². The molecule has 146 valence electrons. The van der Waals surface area contributed by atoms with Crippen LogP contribution in [0.5, 0.6) is 17.2 Å². The second-order valence-corrected chi connectivity index (χ2v) is 5.33. The predicted molar refractivity (Wildman–Crippen MR) is 99.0 cm³/mol. The molecule has 0 aliphatic heterocycles. The van der Waals surface area contributed by atoms with Crippen LogP contribution < -0.4 is 24.8 Å². The van der Waals surface area contributed by atoms with Crippen LogP contribution in [-0.4, -0.2) is 32.3 Å². The lowest BCUT2D eigenvalue weighted by Gasteiger charge is -2.14. The summed E-state index contributed by atoms with van der Waals surface area (Å²) in [6.45, 7) is 1.80. The topological polar surface area (TPSA) is 68.8 Å². The van der Waals surface area contributed by atoms with Crippen molar-refractivity contribution in [3.63, 3.8) is 0 Å². The van der Waals surface area contributed by atoms with Gasteiger partial charge in [-0.15, -0.1) is 0 Å². The molecule has 2 N–H and O–H groups in total. The molecule has 0 aliphatic carbocycles. The zero-order chi connectivity index (χ0) is 19.6. The molecule has 0 aromatic heterocycles. The Hall–Kier alpha value is -3.03. The van der Waals surface area contributed by atoms with Gasteiger partial charge in [0.05, 0.1) is 25.4 Å². The van der Waals surface area contributed by atoms with Crippen molar-refractivity contribution in [3.05, 3.63) is 42.5 Å². The molecule has 0 radical (unpaired) electrons. The van der Waals surface area contributed by atoms with Crippen molar-refractivity contribution in [2.45, 2.75) is 20.5 Å². The summed E-state index contributed by atoms with van der Waals surface area (Å²) in [6, 6.07) is 11.1. The highest BCUT2D eigenvalue weighted by atomic mass is 19.3. The molecule has 2 rings (SSSR count). The molecule has 0 bridgehead atoms. The first kappa shape index (κ1) is 20.3. The van der Waals surface area contributed by atoms with Crippen LogP contribution in [0.25, 0.3) is 0 Å². The quantitative estimate of drug-likeness (QED) is 0.649. The minimum absolute atomic E-state index is 0.0144. The highest BCUT2D eigenvalue weighted by Crippen LogP contribution is 2.29. The molecular weight excluding hydrogens is 358 g/mol. The van der Waals surface area contributed by atoms with E-state index in [4.69, 9.17) is 9.47 Å². The van der Waals surface area contributed by atoms with Gasteiger partial charge in [0.2, 0.25) is 5.91 Å². The summed E-state index contributed by atoms with van der Waals surface area (Å²) in [5.41, 5.74) is 1.11. The number of hydrogen-bond acceptors (Lipinski definition) is 5. The van der Waals surface area contributed by atoms with Crippen LogP contribution in [0.3, 0.4) is 0 Å². The lowest BCUT2D eigenvalue weighted by Crippen LogP contribution is -2.22. The van der Waals surface area contributed by atoms with E-state index in [-0.39, 0.29) is 18.2 Å². The third kappa shape index (κ3) is 6.65. The predicted octanol–water partition coefficient (Wildman–Crippen LogP) is 4.14. The standard InChI is InChI=1S/C19H22F2N2O4/c1-3-25-15-9-10-17(26-4-2)16(11-15)23-18(24)12-22-13-5-7-14(8-6-13)27-19(20)21/h5-11,19,22H,3-4,12H2,1-2H3,(H,23,24). The van der Waals surface area contributed by atoms with Crippen molar-refractivity contribution < 1.29 is 27.8 Å².